The van der Waals surface area contributed by atoms with Crippen LogP contribution in [0.1, 0.15) is 18.9 Å². The number of nitrogens with one attached hydrogen (secondary N) is 1. The molecule has 0 saturated carbocycles. The lowest BCUT2D eigenvalue weighted by Gasteiger charge is -2.22. The van der Waals surface area contributed by atoms with E-state index in [0.29, 0.717) is 24.3 Å². The number of pyridine rings is 1. The van der Waals surface area contributed by atoms with E-state index in [1.54, 1.807) is 0 Å². The van der Waals surface area contributed by atoms with Crippen molar-refractivity contribution in [1.82, 2.24) is 4.98 Å². The molecular formula is C15H18N4O. The molecule has 2 aromatic rings. The topological polar surface area (TPSA) is 86.2 Å². The predicted octanol–water partition coefficient (Wildman–Crippen LogP) is 1.48. The molecule has 1 aromatic heterocycles. The number of hydrogen-bond donors (Lipinski definition) is 3. The van der Waals surface area contributed by atoms with Crippen LogP contribution >= 0.6 is 0 Å². The maximum atomic E-state index is 10.1. The first-order chi connectivity index (χ1) is 9.46. The van der Waals surface area contributed by atoms with Crippen molar-refractivity contribution < 1.29 is 5.11 Å². The Hall–Kier alpha value is -2.14. The van der Waals surface area contributed by atoms with Gasteiger partial charge in [-0.25, -0.2) is 4.98 Å². The average molecular weight is 270 g/mol. The largest absolute Gasteiger partial charge is 0.388 e. The number of nitrogens with zero attached hydrogens (tertiary/aromatic N) is 2. The Morgan fingerprint density at radius 3 is 2.85 bits per heavy atom. The first kappa shape index (κ1) is 12.9. The molecule has 5 heteroatoms. The molecular weight excluding hydrogens is 252 g/mol. The Morgan fingerprint density at radius 2 is 2.20 bits per heavy atom. The Bertz CT molecular complexity index is 681. The molecule has 1 aliphatic rings. The van der Waals surface area contributed by atoms with Crippen molar-refractivity contribution in [3.63, 3.8) is 0 Å². The van der Waals surface area contributed by atoms with Gasteiger partial charge in [-0.2, -0.15) is 0 Å². The van der Waals surface area contributed by atoms with E-state index in [0.717, 1.165) is 17.4 Å². The summed E-state index contributed by atoms with van der Waals surface area (Å²) in [7, 11) is 0. The molecule has 1 aromatic carbocycles. The van der Waals surface area contributed by atoms with Gasteiger partial charge < -0.3 is 15.7 Å². The van der Waals surface area contributed by atoms with Crippen molar-refractivity contribution in [3.05, 3.63) is 35.9 Å². The van der Waals surface area contributed by atoms with Crippen LogP contribution in [0.5, 0.6) is 0 Å². The highest BCUT2D eigenvalue weighted by Crippen LogP contribution is 2.29. The van der Waals surface area contributed by atoms with Crippen molar-refractivity contribution in [2.45, 2.75) is 18.9 Å². The SMILES string of the molecule is CC1(O)CCN(c2nc3ccccc3cc2C(=N)N)C1. The molecule has 104 valence electrons. The van der Waals surface area contributed by atoms with Crippen molar-refractivity contribution in [2.75, 3.05) is 18.0 Å². The Labute approximate surface area is 117 Å². The highest BCUT2D eigenvalue weighted by molar-refractivity contribution is 6.03. The van der Waals surface area contributed by atoms with E-state index in [4.69, 9.17) is 11.1 Å². The number of β-amino-alcohol motifs (C(OH)–C–C–N with tert-alkyl or cyclic N) is 1. The summed E-state index contributed by atoms with van der Waals surface area (Å²) in [6.45, 7) is 3.05. The molecule has 1 fully saturated rings. The summed E-state index contributed by atoms with van der Waals surface area (Å²) in [5, 5.41) is 18.8. The molecule has 1 unspecified atom stereocenters. The summed E-state index contributed by atoms with van der Waals surface area (Å²) in [6.07, 6.45) is 0.693. The summed E-state index contributed by atoms with van der Waals surface area (Å²) in [4.78, 5) is 6.64. The lowest BCUT2D eigenvalue weighted by atomic mass is 10.1. The number of fused-ring (bicyclic) bond motifs is 1. The second-order valence-corrected chi connectivity index (χ2v) is 5.63. The number of para-hydroxylation sites is 1. The Morgan fingerprint density at radius 1 is 1.45 bits per heavy atom. The molecule has 0 bridgehead atoms. The first-order valence-electron chi connectivity index (χ1n) is 6.68. The zero-order chi connectivity index (χ0) is 14.3. The first-order valence-corrected chi connectivity index (χ1v) is 6.68. The second kappa shape index (κ2) is 4.45. The maximum absolute atomic E-state index is 10.1. The summed E-state index contributed by atoms with van der Waals surface area (Å²) < 4.78 is 0. The predicted molar refractivity (Wildman–Crippen MR) is 80.2 cm³/mol. The minimum absolute atomic E-state index is 0.00444. The van der Waals surface area contributed by atoms with Crippen LogP contribution in [0.15, 0.2) is 30.3 Å². The summed E-state index contributed by atoms with van der Waals surface area (Å²) in [5.41, 5.74) is 6.49. The fourth-order valence-corrected chi connectivity index (χ4v) is 2.67. The molecule has 1 saturated heterocycles. The minimum atomic E-state index is -0.707. The number of nitrogen functional groups attached to an aromatic ring is 1. The molecule has 20 heavy (non-hydrogen) atoms. The van der Waals surface area contributed by atoms with Gasteiger partial charge in [-0.1, -0.05) is 18.2 Å². The van der Waals surface area contributed by atoms with E-state index in [2.05, 4.69) is 4.98 Å². The summed E-state index contributed by atoms with van der Waals surface area (Å²) >= 11 is 0. The van der Waals surface area contributed by atoms with Crippen LogP contribution in [0.3, 0.4) is 0 Å². The van der Waals surface area contributed by atoms with E-state index in [-0.39, 0.29) is 5.84 Å². The highest BCUT2D eigenvalue weighted by atomic mass is 16.3. The number of benzene rings is 1. The zero-order valence-electron chi connectivity index (χ0n) is 11.4. The number of aromatic nitrogens is 1. The van der Waals surface area contributed by atoms with E-state index >= 15 is 0 Å². The Kier molecular flexibility index (Phi) is 2.87. The fraction of sp³-hybridized carbons (Fsp3) is 0.333. The van der Waals surface area contributed by atoms with Crippen LogP contribution < -0.4 is 10.6 Å². The molecule has 5 nitrogen and oxygen atoms in total. The second-order valence-electron chi connectivity index (χ2n) is 5.63. The van der Waals surface area contributed by atoms with Crippen LogP contribution in [-0.2, 0) is 0 Å². The van der Waals surface area contributed by atoms with Gasteiger partial charge in [-0.05, 0) is 25.5 Å². The van der Waals surface area contributed by atoms with Crippen LogP contribution in [0.4, 0.5) is 5.82 Å². The quantitative estimate of drug-likeness (QED) is 0.570. The fourth-order valence-electron chi connectivity index (χ4n) is 2.67. The zero-order valence-corrected chi connectivity index (χ0v) is 11.4. The lowest BCUT2D eigenvalue weighted by molar-refractivity contribution is 0.0839. The monoisotopic (exact) mass is 270 g/mol. The van der Waals surface area contributed by atoms with Crippen molar-refractivity contribution in [1.29, 1.82) is 5.41 Å². The van der Waals surface area contributed by atoms with Gasteiger partial charge in [0, 0.05) is 18.5 Å². The standard InChI is InChI=1S/C15H18N4O/c1-15(20)6-7-19(9-15)14-11(13(16)17)8-10-4-2-3-5-12(10)18-14/h2-5,8,20H,6-7,9H2,1H3,(H3,16,17). The van der Waals surface area contributed by atoms with Crippen LogP contribution in [0, 0.1) is 5.41 Å². The number of nitrogens with two attached hydrogens (primary N) is 1. The molecule has 1 aliphatic heterocycles. The van der Waals surface area contributed by atoms with Gasteiger partial charge in [-0.15, -0.1) is 0 Å². The molecule has 4 N–H and O–H groups in total. The van der Waals surface area contributed by atoms with Crippen LogP contribution in [-0.4, -0.2) is 34.6 Å². The molecule has 0 radical (unpaired) electrons. The number of hydrogen-bond acceptors (Lipinski definition) is 4. The van der Waals surface area contributed by atoms with Gasteiger partial charge in [0.15, 0.2) is 0 Å². The van der Waals surface area contributed by atoms with Crippen LogP contribution in [0.25, 0.3) is 10.9 Å². The maximum Gasteiger partial charge on any atom is 0.140 e. The van der Waals surface area contributed by atoms with Crippen LogP contribution in [0.2, 0.25) is 0 Å². The van der Waals surface area contributed by atoms with Gasteiger partial charge in [0.25, 0.3) is 0 Å². The number of amidine groups is 1. The third-order valence-electron chi connectivity index (χ3n) is 3.75. The molecule has 2 heterocycles. The van der Waals surface area contributed by atoms with Crippen molar-refractivity contribution >= 4 is 22.6 Å². The lowest BCUT2D eigenvalue weighted by Crippen LogP contribution is -2.31. The number of anilines is 1. The molecule has 0 aliphatic carbocycles. The third-order valence-corrected chi connectivity index (χ3v) is 3.75. The molecule has 1 atom stereocenters. The normalized spacial score (nSPS) is 22.4. The van der Waals surface area contributed by atoms with Gasteiger partial charge in [0.05, 0.1) is 16.7 Å². The smallest absolute Gasteiger partial charge is 0.140 e. The number of rotatable bonds is 2. The van der Waals surface area contributed by atoms with Gasteiger partial charge in [0.2, 0.25) is 0 Å². The van der Waals surface area contributed by atoms with E-state index in [9.17, 15) is 5.11 Å². The van der Waals surface area contributed by atoms with E-state index in [1.807, 2.05) is 42.2 Å². The van der Waals surface area contributed by atoms with Crippen molar-refractivity contribution in [3.8, 4) is 0 Å². The van der Waals surface area contributed by atoms with Gasteiger partial charge >= 0.3 is 0 Å². The van der Waals surface area contributed by atoms with Crippen molar-refractivity contribution in [2.24, 2.45) is 5.73 Å². The van der Waals surface area contributed by atoms with E-state index in [1.165, 1.54) is 0 Å². The Balaban J connectivity index is 2.13. The van der Waals surface area contributed by atoms with E-state index < -0.39 is 5.60 Å². The van der Waals surface area contributed by atoms with Gasteiger partial charge in [-0.3, -0.25) is 5.41 Å². The molecule has 0 spiro atoms. The third kappa shape index (κ3) is 2.20. The average Bonchev–Trinajstić information content (AvgIpc) is 2.77. The molecule has 3 rings (SSSR count). The molecule has 0 amide bonds. The minimum Gasteiger partial charge on any atom is -0.388 e. The highest BCUT2D eigenvalue weighted by Gasteiger charge is 2.33. The number of aliphatic hydroxyl groups is 1. The summed E-state index contributed by atoms with van der Waals surface area (Å²) in [5.74, 6) is 0.693. The van der Waals surface area contributed by atoms with Gasteiger partial charge in [0.1, 0.15) is 11.7 Å². The summed E-state index contributed by atoms with van der Waals surface area (Å²) in [6, 6.07) is 9.67.